The Kier molecular flexibility index (Phi) is 7.22. The topological polar surface area (TPSA) is 96.7 Å². The van der Waals surface area contributed by atoms with Crippen LogP contribution in [0.25, 0.3) is 5.69 Å². The van der Waals surface area contributed by atoms with Crippen LogP contribution in [0.3, 0.4) is 0 Å². The van der Waals surface area contributed by atoms with Crippen molar-refractivity contribution in [3.63, 3.8) is 0 Å². The summed E-state index contributed by atoms with van der Waals surface area (Å²) in [5.74, 6) is -0.497. The molecule has 1 heterocycles. The number of hydrogen-bond donors (Lipinski definition) is 1. The summed E-state index contributed by atoms with van der Waals surface area (Å²) in [6.07, 6.45) is 1.55. The summed E-state index contributed by atoms with van der Waals surface area (Å²) in [4.78, 5) is 12.6. The van der Waals surface area contributed by atoms with Gasteiger partial charge in [0.25, 0.3) is 5.91 Å². The first-order valence-electron chi connectivity index (χ1n) is 10.3. The SMILES string of the molecule is CCN(CC)S(=O)(=O)c1cccc(C(=O)NN=Cc2c(C)nn(-c3ccccc3)c2C)c1. The fraction of sp³-hybridized carbons (Fsp3) is 0.261. The van der Waals surface area contributed by atoms with Gasteiger partial charge in [-0.15, -0.1) is 0 Å². The molecule has 0 aliphatic rings. The summed E-state index contributed by atoms with van der Waals surface area (Å²) >= 11 is 0. The molecule has 0 aliphatic carbocycles. The first-order chi connectivity index (χ1) is 15.3. The van der Waals surface area contributed by atoms with Gasteiger partial charge in [0.15, 0.2) is 0 Å². The van der Waals surface area contributed by atoms with E-state index in [9.17, 15) is 13.2 Å². The molecule has 168 valence electrons. The highest BCUT2D eigenvalue weighted by atomic mass is 32.2. The number of carbonyl (C=O) groups excluding carboxylic acids is 1. The average Bonchev–Trinajstić information content (AvgIpc) is 3.08. The predicted octanol–water partition coefficient (Wildman–Crippen LogP) is 3.28. The quantitative estimate of drug-likeness (QED) is 0.418. The lowest BCUT2D eigenvalue weighted by molar-refractivity contribution is 0.0955. The minimum atomic E-state index is -3.65. The van der Waals surface area contributed by atoms with Gasteiger partial charge in [-0.3, -0.25) is 4.79 Å². The average molecular weight is 454 g/mol. The summed E-state index contributed by atoms with van der Waals surface area (Å²) in [5.41, 5.74) is 6.08. The van der Waals surface area contributed by atoms with Gasteiger partial charge in [0.05, 0.1) is 28.2 Å². The van der Waals surface area contributed by atoms with E-state index in [1.807, 2.05) is 48.9 Å². The minimum absolute atomic E-state index is 0.0775. The number of hydrogen-bond acceptors (Lipinski definition) is 5. The Hall–Kier alpha value is -3.30. The Labute approximate surface area is 188 Å². The Morgan fingerprint density at radius 3 is 2.44 bits per heavy atom. The molecular formula is C23H27N5O3S. The number of aryl methyl sites for hydroxylation is 1. The molecule has 3 rings (SSSR count). The van der Waals surface area contributed by atoms with E-state index in [4.69, 9.17) is 0 Å². The Balaban J connectivity index is 1.78. The number of hydrazone groups is 1. The molecule has 1 aromatic heterocycles. The van der Waals surface area contributed by atoms with Crippen LogP contribution in [0.1, 0.15) is 41.2 Å². The Morgan fingerprint density at radius 1 is 1.09 bits per heavy atom. The van der Waals surface area contributed by atoms with Crippen LogP contribution in [-0.4, -0.2) is 47.7 Å². The summed E-state index contributed by atoms with van der Waals surface area (Å²) in [6.45, 7) is 8.06. The van der Waals surface area contributed by atoms with Crippen molar-refractivity contribution in [1.82, 2.24) is 19.5 Å². The third-order valence-corrected chi connectivity index (χ3v) is 7.19. The monoisotopic (exact) mass is 453 g/mol. The van der Waals surface area contributed by atoms with Crippen molar-refractivity contribution in [3.8, 4) is 5.69 Å². The molecular weight excluding hydrogens is 426 g/mol. The highest BCUT2D eigenvalue weighted by Crippen LogP contribution is 2.18. The van der Waals surface area contributed by atoms with Crippen molar-refractivity contribution in [1.29, 1.82) is 0 Å². The summed E-state index contributed by atoms with van der Waals surface area (Å²) in [6, 6.07) is 15.7. The standard InChI is InChI=1S/C23H27N5O3S/c1-5-27(6-2)32(30,31)21-14-10-11-19(15-21)23(29)25-24-16-22-17(3)26-28(18(22)4)20-12-8-7-9-13-20/h7-16H,5-6H2,1-4H3,(H,25,29). The van der Waals surface area contributed by atoms with Crippen LogP contribution in [0.15, 0.2) is 64.6 Å². The molecule has 8 nitrogen and oxygen atoms in total. The number of nitrogens with one attached hydrogen (secondary N) is 1. The molecule has 0 unspecified atom stereocenters. The zero-order valence-corrected chi connectivity index (χ0v) is 19.4. The van der Waals surface area contributed by atoms with Crippen molar-refractivity contribution < 1.29 is 13.2 Å². The van der Waals surface area contributed by atoms with Gasteiger partial charge >= 0.3 is 0 Å². The third kappa shape index (κ3) is 4.79. The van der Waals surface area contributed by atoms with E-state index in [1.165, 1.54) is 16.4 Å². The second-order valence-electron chi connectivity index (χ2n) is 7.15. The van der Waals surface area contributed by atoms with Crippen molar-refractivity contribution in [3.05, 3.63) is 77.1 Å². The van der Waals surface area contributed by atoms with E-state index in [-0.39, 0.29) is 10.5 Å². The van der Waals surface area contributed by atoms with Crippen LogP contribution < -0.4 is 5.43 Å². The molecule has 2 aromatic carbocycles. The fourth-order valence-electron chi connectivity index (χ4n) is 3.39. The van der Waals surface area contributed by atoms with Gasteiger partial charge in [-0.1, -0.05) is 38.1 Å². The second-order valence-corrected chi connectivity index (χ2v) is 9.09. The van der Waals surface area contributed by atoms with Crippen LogP contribution in [0.4, 0.5) is 0 Å². The van der Waals surface area contributed by atoms with Gasteiger partial charge in [-0.05, 0) is 44.2 Å². The summed E-state index contributed by atoms with van der Waals surface area (Å²) < 4.78 is 28.6. The normalized spacial score (nSPS) is 11.9. The van der Waals surface area contributed by atoms with Crippen LogP contribution in [-0.2, 0) is 10.0 Å². The zero-order chi connectivity index (χ0) is 23.3. The van der Waals surface area contributed by atoms with Gasteiger partial charge < -0.3 is 0 Å². The number of sulfonamides is 1. The highest BCUT2D eigenvalue weighted by molar-refractivity contribution is 7.89. The molecule has 1 N–H and O–H groups in total. The third-order valence-electron chi connectivity index (χ3n) is 5.15. The van der Waals surface area contributed by atoms with Gasteiger partial charge in [0.1, 0.15) is 0 Å². The number of carbonyl (C=O) groups is 1. The van der Waals surface area contributed by atoms with Crippen molar-refractivity contribution in [2.75, 3.05) is 13.1 Å². The number of rotatable bonds is 8. The number of aromatic nitrogens is 2. The number of amides is 1. The maximum absolute atomic E-state index is 12.7. The molecule has 32 heavy (non-hydrogen) atoms. The van der Waals surface area contributed by atoms with Gasteiger partial charge in [-0.2, -0.15) is 14.5 Å². The van der Waals surface area contributed by atoms with Crippen molar-refractivity contribution >= 4 is 22.1 Å². The molecule has 0 fully saturated rings. The molecule has 0 saturated carbocycles. The van der Waals surface area contributed by atoms with Crippen LogP contribution in [0, 0.1) is 13.8 Å². The Morgan fingerprint density at radius 2 is 1.78 bits per heavy atom. The van der Waals surface area contributed by atoms with E-state index < -0.39 is 15.9 Å². The molecule has 0 radical (unpaired) electrons. The summed E-state index contributed by atoms with van der Waals surface area (Å²) in [7, 11) is -3.65. The maximum atomic E-state index is 12.7. The van der Waals surface area contributed by atoms with Crippen LogP contribution in [0.5, 0.6) is 0 Å². The van der Waals surface area contributed by atoms with E-state index in [1.54, 1.807) is 32.2 Å². The number of benzene rings is 2. The van der Waals surface area contributed by atoms with Crippen LogP contribution in [0.2, 0.25) is 0 Å². The van der Waals surface area contributed by atoms with Gasteiger partial charge in [0, 0.05) is 24.2 Å². The minimum Gasteiger partial charge on any atom is -0.267 e. The number of nitrogens with zero attached hydrogens (tertiary/aromatic N) is 4. The molecule has 9 heteroatoms. The molecule has 0 saturated heterocycles. The van der Waals surface area contributed by atoms with Gasteiger partial charge in [0.2, 0.25) is 10.0 Å². The van der Waals surface area contributed by atoms with Crippen molar-refractivity contribution in [2.24, 2.45) is 5.10 Å². The van der Waals surface area contributed by atoms with E-state index in [2.05, 4.69) is 15.6 Å². The number of para-hydroxylation sites is 1. The molecule has 0 aliphatic heterocycles. The van der Waals surface area contributed by atoms with Gasteiger partial charge in [-0.25, -0.2) is 18.5 Å². The maximum Gasteiger partial charge on any atom is 0.271 e. The smallest absolute Gasteiger partial charge is 0.267 e. The lowest BCUT2D eigenvalue weighted by Gasteiger charge is -2.18. The van der Waals surface area contributed by atoms with E-state index in [0.717, 1.165) is 22.6 Å². The zero-order valence-electron chi connectivity index (χ0n) is 18.6. The largest absolute Gasteiger partial charge is 0.271 e. The first-order valence-corrected chi connectivity index (χ1v) is 11.8. The first kappa shape index (κ1) is 23.4. The molecule has 0 bridgehead atoms. The molecule has 0 atom stereocenters. The fourth-order valence-corrected chi connectivity index (χ4v) is 4.90. The second kappa shape index (κ2) is 9.88. The lowest BCUT2D eigenvalue weighted by Crippen LogP contribution is -2.30. The van der Waals surface area contributed by atoms with E-state index in [0.29, 0.717) is 13.1 Å². The lowest BCUT2D eigenvalue weighted by atomic mass is 10.2. The molecule has 3 aromatic rings. The highest BCUT2D eigenvalue weighted by Gasteiger charge is 2.22. The Bertz CT molecular complexity index is 1230. The van der Waals surface area contributed by atoms with E-state index >= 15 is 0 Å². The van der Waals surface area contributed by atoms with Crippen molar-refractivity contribution in [2.45, 2.75) is 32.6 Å². The molecule has 1 amide bonds. The molecule has 0 spiro atoms. The predicted molar refractivity (Wildman–Crippen MR) is 125 cm³/mol. The summed E-state index contributed by atoms with van der Waals surface area (Å²) in [5, 5.41) is 8.62. The van der Waals surface area contributed by atoms with Crippen LogP contribution >= 0.6 is 0 Å².